The first-order chi connectivity index (χ1) is 9.15. The molecule has 0 unspecified atom stereocenters. The van der Waals surface area contributed by atoms with Gasteiger partial charge in [0.2, 0.25) is 5.56 Å². The molecule has 94 valence electrons. The van der Waals surface area contributed by atoms with Crippen molar-refractivity contribution in [2.45, 2.75) is 0 Å². The highest BCUT2D eigenvalue weighted by atomic mass is 79.9. The third-order valence-electron chi connectivity index (χ3n) is 2.97. The summed E-state index contributed by atoms with van der Waals surface area (Å²) >= 11 is 9.63. The van der Waals surface area contributed by atoms with E-state index in [1.54, 1.807) is 6.07 Å². The van der Waals surface area contributed by atoms with Crippen LogP contribution < -0.4 is 5.56 Å². The van der Waals surface area contributed by atoms with Crippen molar-refractivity contribution in [2.24, 2.45) is 0 Å². The van der Waals surface area contributed by atoms with Crippen LogP contribution in [0.1, 0.15) is 0 Å². The maximum Gasteiger partial charge on any atom is 0.249 e. The van der Waals surface area contributed by atoms with E-state index in [0.29, 0.717) is 5.02 Å². The number of fused-ring (bicyclic) bond motifs is 1. The molecule has 3 aromatic rings. The molecule has 0 saturated heterocycles. The minimum atomic E-state index is -0.138. The van der Waals surface area contributed by atoms with Crippen LogP contribution in [0.25, 0.3) is 22.0 Å². The summed E-state index contributed by atoms with van der Waals surface area (Å²) in [6, 6.07) is 14.9. The monoisotopic (exact) mass is 333 g/mol. The predicted molar refractivity (Wildman–Crippen MR) is 82.7 cm³/mol. The first-order valence-corrected chi connectivity index (χ1v) is 6.90. The van der Waals surface area contributed by atoms with Crippen molar-refractivity contribution < 1.29 is 0 Å². The van der Waals surface area contributed by atoms with Crippen LogP contribution in [0.15, 0.2) is 57.8 Å². The number of pyridine rings is 1. The van der Waals surface area contributed by atoms with Crippen LogP contribution in [0.2, 0.25) is 5.02 Å². The number of H-pyrrole nitrogens is 1. The van der Waals surface area contributed by atoms with Gasteiger partial charge in [-0.3, -0.25) is 4.79 Å². The average Bonchev–Trinajstić information content (AvgIpc) is 2.38. The third kappa shape index (κ3) is 2.31. The molecule has 0 saturated carbocycles. The van der Waals surface area contributed by atoms with Crippen molar-refractivity contribution in [3.8, 4) is 11.1 Å². The van der Waals surface area contributed by atoms with Gasteiger partial charge in [0, 0.05) is 26.5 Å². The molecule has 0 amide bonds. The van der Waals surface area contributed by atoms with Gasteiger partial charge < -0.3 is 4.98 Å². The normalized spacial score (nSPS) is 10.8. The predicted octanol–water partition coefficient (Wildman–Crippen LogP) is 4.61. The fraction of sp³-hybridized carbons (Fsp3) is 0. The number of aromatic nitrogens is 1. The molecule has 0 aliphatic heterocycles. The van der Waals surface area contributed by atoms with Gasteiger partial charge in [0.05, 0.1) is 5.52 Å². The molecule has 1 aromatic heterocycles. The summed E-state index contributed by atoms with van der Waals surface area (Å²) in [5.74, 6) is 0. The van der Waals surface area contributed by atoms with Gasteiger partial charge in [-0.05, 0) is 23.8 Å². The van der Waals surface area contributed by atoms with Gasteiger partial charge in [-0.25, -0.2) is 0 Å². The minimum Gasteiger partial charge on any atom is -0.322 e. The van der Waals surface area contributed by atoms with Crippen molar-refractivity contribution in [1.82, 2.24) is 4.98 Å². The largest absolute Gasteiger partial charge is 0.322 e. The number of halogens is 2. The SMILES string of the molecule is O=c1cc(-c2ccccc2Cl)c2ccc(Br)cc2[nH]1. The zero-order valence-corrected chi connectivity index (χ0v) is 12.1. The summed E-state index contributed by atoms with van der Waals surface area (Å²) in [7, 11) is 0. The molecule has 0 aliphatic rings. The van der Waals surface area contributed by atoms with Gasteiger partial charge in [-0.1, -0.05) is 51.8 Å². The smallest absolute Gasteiger partial charge is 0.249 e. The van der Waals surface area contributed by atoms with Crippen LogP contribution in [0.3, 0.4) is 0 Å². The molecule has 0 radical (unpaired) electrons. The summed E-state index contributed by atoms with van der Waals surface area (Å²) < 4.78 is 0.923. The summed E-state index contributed by atoms with van der Waals surface area (Å²) in [5.41, 5.74) is 2.36. The quantitative estimate of drug-likeness (QED) is 0.692. The van der Waals surface area contributed by atoms with Crippen LogP contribution in [0, 0.1) is 0 Å². The van der Waals surface area contributed by atoms with E-state index >= 15 is 0 Å². The van der Waals surface area contributed by atoms with E-state index in [0.717, 1.165) is 26.5 Å². The highest BCUT2D eigenvalue weighted by Gasteiger charge is 2.09. The molecule has 0 fully saturated rings. The molecule has 2 aromatic carbocycles. The van der Waals surface area contributed by atoms with Crippen LogP contribution in [-0.2, 0) is 0 Å². The van der Waals surface area contributed by atoms with Crippen molar-refractivity contribution in [1.29, 1.82) is 0 Å². The Kier molecular flexibility index (Phi) is 3.17. The molecule has 0 aliphatic carbocycles. The lowest BCUT2D eigenvalue weighted by Gasteiger charge is -2.08. The number of hydrogen-bond donors (Lipinski definition) is 1. The van der Waals surface area contributed by atoms with Crippen LogP contribution in [-0.4, -0.2) is 4.98 Å². The van der Waals surface area contributed by atoms with Crippen molar-refractivity contribution in [2.75, 3.05) is 0 Å². The van der Waals surface area contributed by atoms with E-state index in [9.17, 15) is 4.79 Å². The second-order valence-electron chi connectivity index (χ2n) is 4.22. The summed E-state index contributed by atoms with van der Waals surface area (Å²) in [4.78, 5) is 14.6. The van der Waals surface area contributed by atoms with Gasteiger partial charge in [0.1, 0.15) is 0 Å². The van der Waals surface area contributed by atoms with Gasteiger partial charge in [-0.2, -0.15) is 0 Å². The number of benzene rings is 2. The zero-order valence-electron chi connectivity index (χ0n) is 9.78. The minimum absolute atomic E-state index is 0.138. The van der Waals surface area contributed by atoms with E-state index in [1.807, 2.05) is 42.5 Å². The first-order valence-electron chi connectivity index (χ1n) is 5.72. The lowest BCUT2D eigenvalue weighted by atomic mass is 10.0. The Labute approximate surface area is 123 Å². The van der Waals surface area contributed by atoms with E-state index in [1.165, 1.54) is 0 Å². The van der Waals surface area contributed by atoms with Gasteiger partial charge in [0.25, 0.3) is 0 Å². The van der Waals surface area contributed by atoms with Crippen molar-refractivity contribution in [3.05, 3.63) is 68.4 Å². The third-order valence-corrected chi connectivity index (χ3v) is 3.79. The highest BCUT2D eigenvalue weighted by Crippen LogP contribution is 2.32. The second kappa shape index (κ2) is 4.83. The summed E-state index contributed by atoms with van der Waals surface area (Å²) in [6.45, 7) is 0. The van der Waals surface area contributed by atoms with Crippen molar-refractivity contribution >= 4 is 38.4 Å². The average molecular weight is 335 g/mol. The number of rotatable bonds is 1. The Morgan fingerprint density at radius 2 is 1.79 bits per heavy atom. The molecule has 2 nitrogen and oxygen atoms in total. The van der Waals surface area contributed by atoms with Crippen LogP contribution >= 0.6 is 27.5 Å². The summed E-state index contributed by atoms with van der Waals surface area (Å²) in [5, 5.41) is 1.60. The van der Waals surface area contributed by atoms with E-state index in [4.69, 9.17) is 11.6 Å². The fourth-order valence-electron chi connectivity index (χ4n) is 2.13. The Morgan fingerprint density at radius 3 is 2.58 bits per heavy atom. The van der Waals surface area contributed by atoms with Gasteiger partial charge in [0.15, 0.2) is 0 Å². The molecule has 0 spiro atoms. The van der Waals surface area contributed by atoms with Gasteiger partial charge >= 0.3 is 0 Å². The van der Waals surface area contributed by atoms with Crippen LogP contribution in [0.4, 0.5) is 0 Å². The molecule has 3 rings (SSSR count). The molecule has 0 atom stereocenters. The molecular weight excluding hydrogens is 326 g/mol. The number of aromatic amines is 1. The molecule has 19 heavy (non-hydrogen) atoms. The Bertz CT molecular complexity index is 826. The highest BCUT2D eigenvalue weighted by molar-refractivity contribution is 9.10. The second-order valence-corrected chi connectivity index (χ2v) is 5.54. The molecular formula is C15H9BrClNO. The maximum atomic E-state index is 11.8. The Hall–Kier alpha value is -1.58. The van der Waals surface area contributed by atoms with Gasteiger partial charge in [-0.15, -0.1) is 0 Å². The number of nitrogens with one attached hydrogen (secondary N) is 1. The molecule has 1 N–H and O–H groups in total. The topological polar surface area (TPSA) is 32.9 Å². The lowest BCUT2D eigenvalue weighted by Crippen LogP contribution is -2.04. The standard InChI is InChI=1S/C15H9BrClNO/c16-9-5-6-11-12(8-15(19)18-14(11)7-9)10-3-1-2-4-13(10)17/h1-8H,(H,18,19). The molecule has 1 heterocycles. The Morgan fingerprint density at radius 1 is 1.00 bits per heavy atom. The lowest BCUT2D eigenvalue weighted by molar-refractivity contribution is 1.30. The zero-order chi connectivity index (χ0) is 13.4. The fourth-order valence-corrected chi connectivity index (χ4v) is 2.73. The van der Waals surface area contributed by atoms with Crippen LogP contribution in [0.5, 0.6) is 0 Å². The maximum absolute atomic E-state index is 11.8. The Balaban J connectivity index is 2.41. The van der Waals surface area contributed by atoms with E-state index in [-0.39, 0.29) is 5.56 Å². The van der Waals surface area contributed by atoms with E-state index < -0.39 is 0 Å². The molecule has 0 bridgehead atoms. The first kappa shape index (κ1) is 12.5. The van der Waals surface area contributed by atoms with Crippen molar-refractivity contribution in [3.63, 3.8) is 0 Å². The summed E-state index contributed by atoms with van der Waals surface area (Å²) in [6.07, 6.45) is 0. The molecule has 4 heteroatoms. The van der Waals surface area contributed by atoms with E-state index in [2.05, 4.69) is 20.9 Å². The number of hydrogen-bond acceptors (Lipinski definition) is 1.